The van der Waals surface area contributed by atoms with Crippen LogP contribution in [0.3, 0.4) is 0 Å². The van der Waals surface area contributed by atoms with Gasteiger partial charge in [-0.2, -0.15) is 0 Å². The van der Waals surface area contributed by atoms with Gasteiger partial charge in [0.25, 0.3) is 0 Å². The van der Waals surface area contributed by atoms with Gasteiger partial charge in [-0.3, -0.25) is 4.79 Å². The number of nitrogens with zero attached hydrogens (tertiary/aromatic N) is 2. The molecule has 0 aliphatic carbocycles. The van der Waals surface area contributed by atoms with Gasteiger partial charge in [0.15, 0.2) is 0 Å². The van der Waals surface area contributed by atoms with Gasteiger partial charge >= 0.3 is 0 Å². The number of aliphatic hydroxyl groups excluding tert-OH is 1. The molecule has 1 saturated heterocycles. The van der Waals surface area contributed by atoms with Crippen LogP contribution in [0.4, 0.5) is 5.82 Å². The zero-order valence-corrected chi connectivity index (χ0v) is 10.6. The predicted octanol–water partition coefficient (Wildman–Crippen LogP) is 0.584. The molecule has 3 N–H and O–H groups in total. The normalized spacial score (nSPS) is 16.9. The number of amides is 1. The Balaban J connectivity index is 2.07. The van der Waals surface area contributed by atoms with Gasteiger partial charge < -0.3 is 15.7 Å². The molecule has 0 spiro atoms. The number of carbonyl (C=O) groups is 1. The number of piperidine rings is 1. The minimum Gasteiger partial charge on any atom is -0.392 e. The number of primary amides is 1. The largest absolute Gasteiger partial charge is 0.392 e. The molecule has 5 nitrogen and oxygen atoms in total. The topological polar surface area (TPSA) is 79.5 Å². The van der Waals surface area contributed by atoms with Crippen molar-refractivity contribution in [2.75, 3.05) is 18.0 Å². The molecule has 0 unspecified atom stereocenters. The first-order chi connectivity index (χ1) is 8.61. The van der Waals surface area contributed by atoms with Gasteiger partial charge in [-0.05, 0) is 37.0 Å². The first-order valence-corrected chi connectivity index (χ1v) is 6.22. The molecule has 2 rings (SSSR count). The summed E-state index contributed by atoms with van der Waals surface area (Å²) in [6, 6.07) is 1.95. The lowest BCUT2D eigenvalue weighted by Gasteiger charge is -2.32. The minimum atomic E-state index is -0.199. The van der Waals surface area contributed by atoms with Crippen molar-refractivity contribution in [1.29, 1.82) is 0 Å². The number of anilines is 1. The maximum Gasteiger partial charge on any atom is 0.220 e. The Morgan fingerprint density at radius 3 is 2.72 bits per heavy atom. The van der Waals surface area contributed by atoms with Crippen molar-refractivity contribution in [2.24, 2.45) is 11.7 Å². The lowest BCUT2D eigenvalue weighted by Crippen LogP contribution is -2.39. The molecule has 1 aliphatic heterocycles. The Morgan fingerprint density at radius 1 is 1.56 bits per heavy atom. The molecule has 1 amide bonds. The molecule has 2 heterocycles. The fraction of sp³-hybridized carbons (Fsp3) is 0.538. The van der Waals surface area contributed by atoms with Crippen LogP contribution in [0.15, 0.2) is 12.3 Å². The average molecular weight is 249 g/mol. The van der Waals surface area contributed by atoms with Gasteiger partial charge in [-0.25, -0.2) is 4.98 Å². The quantitative estimate of drug-likeness (QED) is 0.821. The molecule has 1 aliphatic rings. The molecule has 0 atom stereocenters. The van der Waals surface area contributed by atoms with E-state index in [1.54, 1.807) is 6.20 Å². The first-order valence-electron chi connectivity index (χ1n) is 6.22. The van der Waals surface area contributed by atoms with Gasteiger partial charge in [0.2, 0.25) is 5.91 Å². The van der Waals surface area contributed by atoms with Gasteiger partial charge in [0, 0.05) is 25.2 Å². The van der Waals surface area contributed by atoms with Crippen LogP contribution in [0.2, 0.25) is 0 Å². The summed E-state index contributed by atoms with van der Waals surface area (Å²) >= 11 is 0. The molecule has 1 fully saturated rings. The lowest BCUT2D eigenvalue weighted by atomic mass is 9.96. The number of aryl methyl sites for hydroxylation is 1. The van der Waals surface area contributed by atoms with Crippen molar-refractivity contribution in [3.8, 4) is 0 Å². The van der Waals surface area contributed by atoms with Crippen LogP contribution in [0.25, 0.3) is 0 Å². The smallest absolute Gasteiger partial charge is 0.220 e. The van der Waals surface area contributed by atoms with E-state index < -0.39 is 0 Å². The molecule has 5 heteroatoms. The molecule has 0 saturated carbocycles. The standard InChI is InChI=1S/C13H19N3O2/c1-9-6-10(8-17)7-15-13(9)16-4-2-11(3-5-16)12(14)18/h6-7,11,17H,2-5,8H2,1H3,(H2,14,18). The van der Waals surface area contributed by atoms with Crippen molar-refractivity contribution in [3.63, 3.8) is 0 Å². The highest BCUT2D eigenvalue weighted by Gasteiger charge is 2.24. The van der Waals surface area contributed by atoms with Crippen molar-refractivity contribution >= 4 is 11.7 Å². The van der Waals surface area contributed by atoms with Gasteiger partial charge in [0.1, 0.15) is 5.82 Å². The van der Waals surface area contributed by atoms with Crippen molar-refractivity contribution in [1.82, 2.24) is 4.98 Å². The average Bonchev–Trinajstić information content (AvgIpc) is 2.38. The van der Waals surface area contributed by atoms with Gasteiger partial charge in [0.05, 0.1) is 6.61 Å². The summed E-state index contributed by atoms with van der Waals surface area (Å²) in [7, 11) is 0. The van der Waals surface area contributed by atoms with E-state index >= 15 is 0 Å². The Kier molecular flexibility index (Phi) is 3.81. The number of hydrogen-bond acceptors (Lipinski definition) is 4. The first kappa shape index (κ1) is 12.8. The van der Waals surface area contributed by atoms with Crippen molar-refractivity contribution in [2.45, 2.75) is 26.4 Å². The summed E-state index contributed by atoms with van der Waals surface area (Å²) in [6.07, 6.45) is 3.28. The summed E-state index contributed by atoms with van der Waals surface area (Å²) in [5.74, 6) is 0.739. The van der Waals surface area contributed by atoms with Crippen LogP contribution < -0.4 is 10.6 Å². The van der Waals surface area contributed by atoms with E-state index in [1.807, 2.05) is 13.0 Å². The number of aromatic nitrogens is 1. The zero-order chi connectivity index (χ0) is 13.1. The van der Waals surface area contributed by atoms with Crippen LogP contribution >= 0.6 is 0 Å². The molecule has 18 heavy (non-hydrogen) atoms. The highest BCUT2D eigenvalue weighted by atomic mass is 16.3. The maximum atomic E-state index is 11.1. The zero-order valence-electron chi connectivity index (χ0n) is 10.6. The molecular formula is C13H19N3O2. The van der Waals surface area contributed by atoms with Gasteiger partial charge in [-0.15, -0.1) is 0 Å². The second kappa shape index (κ2) is 5.35. The fourth-order valence-corrected chi connectivity index (χ4v) is 2.42. The van der Waals surface area contributed by atoms with E-state index in [4.69, 9.17) is 10.8 Å². The fourth-order valence-electron chi connectivity index (χ4n) is 2.42. The lowest BCUT2D eigenvalue weighted by molar-refractivity contribution is -0.122. The third-order valence-electron chi connectivity index (χ3n) is 3.49. The highest BCUT2D eigenvalue weighted by Crippen LogP contribution is 2.24. The minimum absolute atomic E-state index is 0.00160. The molecule has 0 radical (unpaired) electrons. The maximum absolute atomic E-state index is 11.1. The van der Waals surface area contributed by atoms with Crippen molar-refractivity contribution in [3.05, 3.63) is 23.4 Å². The Labute approximate surface area is 107 Å². The van der Waals surface area contributed by atoms with E-state index in [1.165, 1.54) is 0 Å². The number of pyridine rings is 1. The predicted molar refractivity (Wildman–Crippen MR) is 69.0 cm³/mol. The molecular weight excluding hydrogens is 230 g/mol. The Bertz CT molecular complexity index is 440. The summed E-state index contributed by atoms with van der Waals surface area (Å²) in [6.45, 7) is 3.61. The van der Waals surface area contributed by atoms with E-state index in [2.05, 4.69) is 9.88 Å². The second-order valence-corrected chi connectivity index (χ2v) is 4.81. The third kappa shape index (κ3) is 2.61. The summed E-state index contributed by atoms with van der Waals surface area (Å²) < 4.78 is 0. The van der Waals surface area contributed by atoms with Crippen molar-refractivity contribution < 1.29 is 9.90 Å². The van der Waals surface area contributed by atoms with Crippen LogP contribution in [0.1, 0.15) is 24.0 Å². The van der Waals surface area contributed by atoms with E-state index in [9.17, 15) is 4.79 Å². The molecule has 1 aromatic rings. The van der Waals surface area contributed by atoms with E-state index in [0.29, 0.717) is 0 Å². The number of nitrogens with two attached hydrogens (primary N) is 1. The Hall–Kier alpha value is -1.62. The Morgan fingerprint density at radius 2 is 2.22 bits per heavy atom. The summed E-state index contributed by atoms with van der Waals surface area (Å²) in [5.41, 5.74) is 7.20. The van der Waals surface area contributed by atoms with Crippen LogP contribution in [-0.2, 0) is 11.4 Å². The van der Waals surface area contributed by atoms with Crippen LogP contribution in [0, 0.1) is 12.8 Å². The number of aliphatic hydroxyl groups is 1. The SMILES string of the molecule is Cc1cc(CO)cnc1N1CCC(C(N)=O)CC1. The number of carbonyl (C=O) groups excluding carboxylic acids is 1. The van der Waals surface area contributed by atoms with E-state index in [0.717, 1.165) is 42.9 Å². The summed E-state index contributed by atoms with van der Waals surface area (Å²) in [5, 5.41) is 9.05. The van der Waals surface area contributed by atoms with Crippen LogP contribution in [-0.4, -0.2) is 29.1 Å². The molecule has 98 valence electrons. The molecule has 0 bridgehead atoms. The van der Waals surface area contributed by atoms with Gasteiger partial charge in [-0.1, -0.05) is 0 Å². The molecule has 0 aromatic carbocycles. The monoisotopic (exact) mass is 249 g/mol. The highest BCUT2D eigenvalue weighted by molar-refractivity contribution is 5.77. The second-order valence-electron chi connectivity index (χ2n) is 4.81. The summed E-state index contributed by atoms with van der Waals surface area (Å²) in [4.78, 5) is 17.7. The third-order valence-corrected chi connectivity index (χ3v) is 3.49. The molecule has 1 aromatic heterocycles. The van der Waals surface area contributed by atoms with Crippen LogP contribution in [0.5, 0.6) is 0 Å². The number of hydrogen-bond donors (Lipinski definition) is 2. The van der Waals surface area contributed by atoms with E-state index in [-0.39, 0.29) is 18.4 Å². The number of rotatable bonds is 3.